The largest absolute Gasteiger partial charge is 0.437 e. The van der Waals surface area contributed by atoms with Gasteiger partial charge in [-0.2, -0.15) is 18.4 Å². The molecule has 0 aromatic carbocycles. The Bertz CT molecular complexity index is 352. The van der Waals surface area contributed by atoms with E-state index in [9.17, 15) is 13.2 Å². The second-order valence-electron chi connectivity index (χ2n) is 2.12. The van der Waals surface area contributed by atoms with Crippen molar-refractivity contribution in [3.05, 3.63) is 16.5 Å². The molecular formula is C6H2ClF3N2O. The van der Waals surface area contributed by atoms with Crippen LogP contribution in [-0.4, -0.2) is 5.16 Å². The lowest BCUT2D eigenvalue weighted by Crippen LogP contribution is -2.08. The van der Waals surface area contributed by atoms with Crippen LogP contribution in [-0.2, 0) is 12.6 Å². The third-order valence-corrected chi connectivity index (χ3v) is 1.56. The SMILES string of the molecule is N#CCc1c(C(F)(F)F)noc1Cl. The Morgan fingerprint density at radius 3 is 2.62 bits per heavy atom. The van der Waals surface area contributed by atoms with E-state index in [4.69, 9.17) is 16.9 Å². The van der Waals surface area contributed by atoms with Crippen molar-refractivity contribution in [2.75, 3.05) is 0 Å². The Kier molecular flexibility index (Phi) is 2.48. The van der Waals surface area contributed by atoms with Crippen molar-refractivity contribution in [1.29, 1.82) is 5.26 Å². The van der Waals surface area contributed by atoms with Gasteiger partial charge in [-0.05, 0) is 11.6 Å². The fraction of sp³-hybridized carbons (Fsp3) is 0.333. The Morgan fingerprint density at radius 2 is 2.15 bits per heavy atom. The summed E-state index contributed by atoms with van der Waals surface area (Å²) >= 11 is 5.25. The van der Waals surface area contributed by atoms with Gasteiger partial charge in [0, 0.05) is 0 Å². The molecule has 0 fully saturated rings. The maximum Gasteiger partial charge on any atom is 0.437 e. The highest BCUT2D eigenvalue weighted by Gasteiger charge is 2.38. The molecule has 0 N–H and O–H groups in total. The molecule has 0 saturated carbocycles. The highest BCUT2D eigenvalue weighted by Crippen LogP contribution is 2.34. The van der Waals surface area contributed by atoms with Gasteiger partial charge >= 0.3 is 6.18 Å². The van der Waals surface area contributed by atoms with Crippen LogP contribution in [0.25, 0.3) is 0 Å². The van der Waals surface area contributed by atoms with Crippen molar-refractivity contribution in [2.24, 2.45) is 0 Å². The zero-order valence-electron chi connectivity index (χ0n) is 6.02. The molecule has 13 heavy (non-hydrogen) atoms. The minimum atomic E-state index is -4.64. The highest BCUT2D eigenvalue weighted by molar-refractivity contribution is 6.29. The first-order chi connectivity index (χ1) is 5.96. The van der Waals surface area contributed by atoms with E-state index in [1.807, 2.05) is 0 Å². The highest BCUT2D eigenvalue weighted by atomic mass is 35.5. The van der Waals surface area contributed by atoms with E-state index >= 15 is 0 Å². The molecule has 0 aliphatic rings. The van der Waals surface area contributed by atoms with Crippen LogP contribution in [0.5, 0.6) is 0 Å². The molecule has 0 aliphatic carbocycles. The van der Waals surface area contributed by atoms with Gasteiger partial charge < -0.3 is 4.52 Å². The average molecular weight is 211 g/mol. The molecule has 1 heterocycles. The predicted molar refractivity (Wildman–Crippen MR) is 35.8 cm³/mol. The lowest BCUT2D eigenvalue weighted by Gasteiger charge is -2.01. The topological polar surface area (TPSA) is 49.8 Å². The lowest BCUT2D eigenvalue weighted by atomic mass is 10.2. The summed E-state index contributed by atoms with van der Waals surface area (Å²) in [5, 5.41) is 10.4. The third kappa shape index (κ3) is 1.92. The number of halogens is 4. The van der Waals surface area contributed by atoms with Gasteiger partial charge in [0.25, 0.3) is 0 Å². The number of aromatic nitrogens is 1. The van der Waals surface area contributed by atoms with Gasteiger partial charge in [-0.3, -0.25) is 0 Å². The molecule has 70 valence electrons. The maximum atomic E-state index is 12.1. The van der Waals surface area contributed by atoms with E-state index in [1.54, 1.807) is 0 Å². The fourth-order valence-electron chi connectivity index (χ4n) is 0.744. The minimum Gasteiger partial charge on any atom is -0.343 e. The Morgan fingerprint density at radius 1 is 1.54 bits per heavy atom. The number of nitrogens with zero attached hydrogens (tertiary/aromatic N) is 2. The lowest BCUT2D eigenvalue weighted by molar-refractivity contribution is -0.143. The molecule has 1 aromatic rings. The van der Waals surface area contributed by atoms with Gasteiger partial charge in [0.15, 0.2) is 5.69 Å². The summed E-state index contributed by atoms with van der Waals surface area (Å²) in [6, 6.07) is 1.54. The zero-order chi connectivity index (χ0) is 10.1. The number of rotatable bonds is 1. The molecule has 0 amide bonds. The van der Waals surface area contributed by atoms with E-state index in [-0.39, 0.29) is 0 Å². The first-order valence-corrected chi connectivity index (χ1v) is 3.42. The number of hydrogen-bond donors (Lipinski definition) is 0. The molecule has 0 unspecified atom stereocenters. The molecule has 1 aromatic heterocycles. The number of nitriles is 1. The van der Waals surface area contributed by atoms with E-state index in [0.717, 1.165) is 0 Å². The first-order valence-electron chi connectivity index (χ1n) is 3.05. The Balaban J connectivity index is 3.17. The summed E-state index contributed by atoms with van der Waals surface area (Å²) in [5.41, 5.74) is -1.66. The van der Waals surface area contributed by atoms with Crippen LogP contribution in [0.1, 0.15) is 11.3 Å². The van der Waals surface area contributed by atoms with E-state index in [0.29, 0.717) is 0 Å². The molecule has 0 aliphatic heterocycles. The second-order valence-corrected chi connectivity index (χ2v) is 2.46. The number of hydrogen-bond acceptors (Lipinski definition) is 3. The van der Waals surface area contributed by atoms with Gasteiger partial charge in [-0.1, -0.05) is 5.16 Å². The van der Waals surface area contributed by atoms with Gasteiger partial charge in [0.2, 0.25) is 5.22 Å². The summed E-state index contributed by atoms with van der Waals surface area (Å²) in [6.07, 6.45) is -5.11. The third-order valence-electron chi connectivity index (χ3n) is 1.26. The summed E-state index contributed by atoms with van der Waals surface area (Å²) in [4.78, 5) is 0. The summed E-state index contributed by atoms with van der Waals surface area (Å²) in [7, 11) is 0. The fourth-order valence-corrected chi connectivity index (χ4v) is 0.935. The van der Waals surface area contributed by atoms with Crippen LogP contribution in [0.3, 0.4) is 0 Å². The monoisotopic (exact) mass is 210 g/mol. The van der Waals surface area contributed by atoms with Gasteiger partial charge in [-0.25, -0.2) is 0 Å². The molecule has 7 heteroatoms. The van der Waals surface area contributed by atoms with E-state index in [1.165, 1.54) is 6.07 Å². The Labute approximate surface area is 75.7 Å². The quantitative estimate of drug-likeness (QED) is 0.715. The predicted octanol–water partition coefficient (Wildman–Crippen LogP) is 2.41. The summed E-state index contributed by atoms with van der Waals surface area (Å²) < 4.78 is 40.4. The molecule has 0 bridgehead atoms. The first kappa shape index (κ1) is 9.86. The van der Waals surface area contributed by atoms with Crippen molar-refractivity contribution in [2.45, 2.75) is 12.6 Å². The number of alkyl halides is 3. The molecule has 0 saturated heterocycles. The van der Waals surface area contributed by atoms with Crippen molar-refractivity contribution >= 4 is 11.6 Å². The van der Waals surface area contributed by atoms with Gasteiger partial charge in [-0.15, -0.1) is 0 Å². The summed E-state index contributed by atoms with van der Waals surface area (Å²) in [5.74, 6) is 0. The minimum absolute atomic E-state index is 0.420. The molecule has 3 nitrogen and oxygen atoms in total. The van der Waals surface area contributed by atoms with Gasteiger partial charge in [0.05, 0.1) is 18.1 Å². The van der Waals surface area contributed by atoms with E-state index in [2.05, 4.69) is 9.68 Å². The smallest absolute Gasteiger partial charge is 0.343 e. The molecule has 0 spiro atoms. The van der Waals surface area contributed by atoms with E-state index < -0.39 is 29.1 Å². The standard InChI is InChI=1S/C6H2ClF3N2O/c7-5-3(1-2-11)4(12-13-5)6(8,9)10/h1H2. The Hall–Kier alpha value is -1.22. The average Bonchev–Trinajstić information content (AvgIpc) is 2.32. The van der Waals surface area contributed by atoms with Crippen LogP contribution in [0.4, 0.5) is 13.2 Å². The van der Waals surface area contributed by atoms with Crippen LogP contribution in [0.2, 0.25) is 5.22 Å². The van der Waals surface area contributed by atoms with Crippen LogP contribution in [0, 0.1) is 11.3 Å². The van der Waals surface area contributed by atoms with Crippen LogP contribution in [0.15, 0.2) is 4.52 Å². The maximum absolute atomic E-state index is 12.1. The molecule has 0 radical (unpaired) electrons. The van der Waals surface area contributed by atoms with Crippen molar-refractivity contribution in [3.8, 4) is 6.07 Å². The van der Waals surface area contributed by atoms with Gasteiger partial charge in [0.1, 0.15) is 0 Å². The zero-order valence-corrected chi connectivity index (χ0v) is 6.78. The van der Waals surface area contributed by atoms with Crippen molar-refractivity contribution in [1.82, 2.24) is 5.16 Å². The van der Waals surface area contributed by atoms with Crippen molar-refractivity contribution in [3.63, 3.8) is 0 Å². The van der Waals surface area contributed by atoms with Crippen LogP contribution < -0.4 is 0 Å². The molecular weight excluding hydrogens is 209 g/mol. The normalized spacial score (nSPS) is 11.3. The summed E-state index contributed by atoms with van der Waals surface area (Å²) in [6.45, 7) is 0. The molecule has 1 rings (SSSR count). The van der Waals surface area contributed by atoms with Crippen LogP contribution >= 0.6 is 11.6 Å². The van der Waals surface area contributed by atoms with Crippen molar-refractivity contribution < 1.29 is 17.7 Å². The second kappa shape index (κ2) is 3.26. The molecule has 0 atom stereocenters.